The smallest absolute Gasteiger partial charge is 0.329 e. The first-order valence-corrected chi connectivity index (χ1v) is 4.41. The van der Waals surface area contributed by atoms with Crippen LogP contribution in [0.5, 0.6) is 0 Å². The lowest BCUT2D eigenvalue weighted by Gasteiger charge is -1.96. The lowest BCUT2D eigenvalue weighted by molar-refractivity contribution is -0.142. The average Bonchev–Trinajstić information content (AvgIpc) is 2.61. The van der Waals surface area contributed by atoms with Gasteiger partial charge in [-0.2, -0.15) is 0 Å². The van der Waals surface area contributed by atoms with E-state index in [9.17, 15) is 4.79 Å². The van der Waals surface area contributed by atoms with Crippen LogP contribution >= 0.6 is 0 Å². The van der Waals surface area contributed by atoms with Crippen molar-refractivity contribution in [2.24, 2.45) is 0 Å². The molecule has 2 rings (SSSR count). The number of carboxylic acid groups (broad SMARTS) is 1. The fourth-order valence-electron chi connectivity index (χ4n) is 1.20. The number of aromatic amines is 1. The van der Waals surface area contributed by atoms with E-state index in [0.717, 1.165) is 0 Å². The van der Waals surface area contributed by atoms with Crippen LogP contribution in [0, 0.1) is 0 Å². The van der Waals surface area contributed by atoms with E-state index in [0.29, 0.717) is 22.8 Å². The minimum Gasteiger partial charge on any atom is -0.480 e. The van der Waals surface area contributed by atoms with Crippen LogP contribution in [0.1, 0.15) is 5.82 Å². The number of nitrogens with one attached hydrogen (secondary N) is 1. The molecule has 0 bridgehead atoms. The molecular formula is C8H9N5O3. The van der Waals surface area contributed by atoms with Gasteiger partial charge in [0.25, 0.3) is 0 Å². The van der Waals surface area contributed by atoms with Gasteiger partial charge in [0, 0.05) is 0 Å². The summed E-state index contributed by atoms with van der Waals surface area (Å²) >= 11 is 0. The fourth-order valence-corrected chi connectivity index (χ4v) is 1.20. The zero-order valence-corrected chi connectivity index (χ0v) is 8.17. The molecule has 0 spiro atoms. The Morgan fingerprint density at radius 3 is 3.06 bits per heavy atom. The molecule has 0 fully saturated rings. The van der Waals surface area contributed by atoms with Gasteiger partial charge in [0.15, 0.2) is 11.5 Å². The number of rotatable bonds is 4. The maximum atomic E-state index is 10.2. The van der Waals surface area contributed by atoms with Gasteiger partial charge in [0.05, 0.1) is 0 Å². The van der Waals surface area contributed by atoms with Crippen LogP contribution in [0.3, 0.4) is 0 Å². The molecule has 84 valence electrons. The van der Waals surface area contributed by atoms with Crippen molar-refractivity contribution in [1.82, 2.24) is 19.9 Å². The summed E-state index contributed by atoms with van der Waals surface area (Å²) in [4.78, 5) is 24.8. The Kier molecular flexibility index (Phi) is 2.64. The number of aliphatic carboxylic acids is 1. The second-order valence-corrected chi connectivity index (χ2v) is 3.03. The summed E-state index contributed by atoms with van der Waals surface area (Å²) in [5.41, 5.74) is 6.55. The normalized spacial score (nSPS) is 10.8. The predicted octanol–water partition coefficient (Wildman–Crippen LogP) is -0.464. The van der Waals surface area contributed by atoms with E-state index < -0.39 is 5.97 Å². The van der Waals surface area contributed by atoms with E-state index in [1.165, 1.54) is 6.33 Å². The highest BCUT2D eigenvalue weighted by atomic mass is 16.5. The maximum absolute atomic E-state index is 10.2. The topological polar surface area (TPSA) is 127 Å². The van der Waals surface area contributed by atoms with Gasteiger partial charge in [-0.3, -0.25) is 0 Å². The zero-order valence-electron chi connectivity index (χ0n) is 8.17. The number of ether oxygens (including phenoxy) is 1. The lowest BCUT2D eigenvalue weighted by Crippen LogP contribution is -2.07. The van der Waals surface area contributed by atoms with Gasteiger partial charge in [-0.05, 0) is 0 Å². The van der Waals surface area contributed by atoms with Crippen LogP contribution in [0.2, 0.25) is 0 Å². The van der Waals surface area contributed by atoms with E-state index in [2.05, 4.69) is 19.9 Å². The number of carboxylic acids is 1. The summed E-state index contributed by atoms with van der Waals surface area (Å²) in [7, 11) is 0. The van der Waals surface area contributed by atoms with E-state index in [4.69, 9.17) is 15.6 Å². The van der Waals surface area contributed by atoms with Gasteiger partial charge in [0.1, 0.15) is 30.9 Å². The summed E-state index contributed by atoms with van der Waals surface area (Å²) < 4.78 is 4.87. The third kappa shape index (κ3) is 2.06. The Labute approximate surface area is 89.5 Å². The molecule has 0 aromatic carbocycles. The van der Waals surface area contributed by atoms with Gasteiger partial charge < -0.3 is 20.6 Å². The molecule has 2 aromatic heterocycles. The highest BCUT2D eigenvalue weighted by molar-refractivity contribution is 5.80. The first-order chi connectivity index (χ1) is 7.66. The standard InChI is InChI=1S/C8H9N5O3/c9-7-6-8(11-3-10-7)13-4(12-6)1-16-2-5(14)15/h3H,1-2H2,(H,14,15)(H3,9,10,11,12,13). The van der Waals surface area contributed by atoms with Gasteiger partial charge >= 0.3 is 5.97 Å². The van der Waals surface area contributed by atoms with E-state index in [-0.39, 0.29) is 13.2 Å². The van der Waals surface area contributed by atoms with Crippen molar-refractivity contribution in [1.29, 1.82) is 0 Å². The van der Waals surface area contributed by atoms with Crippen LogP contribution in [0.15, 0.2) is 6.33 Å². The largest absolute Gasteiger partial charge is 0.480 e. The number of hydrogen-bond donors (Lipinski definition) is 3. The Morgan fingerprint density at radius 1 is 1.56 bits per heavy atom. The van der Waals surface area contributed by atoms with Crippen LogP contribution in [0.25, 0.3) is 11.2 Å². The molecule has 8 heteroatoms. The Balaban J connectivity index is 2.14. The van der Waals surface area contributed by atoms with E-state index in [1.54, 1.807) is 0 Å². The maximum Gasteiger partial charge on any atom is 0.329 e. The highest BCUT2D eigenvalue weighted by Crippen LogP contribution is 2.13. The first-order valence-electron chi connectivity index (χ1n) is 4.41. The SMILES string of the molecule is Nc1ncnc2nc(COCC(=O)O)[nH]c12. The van der Waals surface area contributed by atoms with Crippen LogP contribution in [-0.2, 0) is 16.1 Å². The number of carbonyl (C=O) groups is 1. The summed E-state index contributed by atoms with van der Waals surface area (Å²) in [6.07, 6.45) is 1.31. The average molecular weight is 223 g/mol. The second-order valence-electron chi connectivity index (χ2n) is 3.03. The summed E-state index contributed by atoms with van der Waals surface area (Å²) in [6.45, 7) is -0.319. The number of fused-ring (bicyclic) bond motifs is 1. The molecule has 0 atom stereocenters. The molecule has 4 N–H and O–H groups in total. The molecule has 0 radical (unpaired) electrons. The number of aromatic nitrogens is 4. The predicted molar refractivity (Wildman–Crippen MR) is 53.4 cm³/mol. The molecule has 0 aliphatic rings. The van der Waals surface area contributed by atoms with E-state index in [1.807, 2.05) is 0 Å². The molecule has 0 aliphatic heterocycles. The van der Waals surface area contributed by atoms with Crippen molar-refractivity contribution in [3.05, 3.63) is 12.2 Å². The molecule has 8 nitrogen and oxygen atoms in total. The van der Waals surface area contributed by atoms with Crippen LogP contribution in [0.4, 0.5) is 5.82 Å². The lowest BCUT2D eigenvalue weighted by atomic mass is 10.5. The van der Waals surface area contributed by atoms with E-state index >= 15 is 0 Å². The molecule has 0 amide bonds. The van der Waals surface area contributed by atoms with Gasteiger partial charge in [-0.25, -0.2) is 19.7 Å². The first kappa shape index (κ1) is 10.3. The Bertz CT molecular complexity index is 523. The molecule has 0 aliphatic carbocycles. The van der Waals surface area contributed by atoms with Crippen molar-refractivity contribution >= 4 is 23.0 Å². The second kappa shape index (κ2) is 4.11. The quantitative estimate of drug-likeness (QED) is 0.639. The minimum absolute atomic E-state index is 0.0576. The van der Waals surface area contributed by atoms with Gasteiger partial charge in [-0.15, -0.1) is 0 Å². The number of hydrogen-bond acceptors (Lipinski definition) is 6. The van der Waals surface area contributed by atoms with Gasteiger partial charge in [0.2, 0.25) is 0 Å². The molecule has 0 saturated heterocycles. The Morgan fingerprint density at radius 2 is 2.38 bits per heavy atom. The summed E-state index contributed by atoms with van der Waals surface area (Å²) in [5, 5.41) is 8.38. The van der Waals surface area contributed by atoms with Crippen molar-refractivity contribution in [3.8, 4) is 0 Å². The molecule has 2 aromatic rings. The monoisotopic (exact) mass is 223 g/mol. The molecule has 0 saturated carbocycles. The number of nitrogens with two attached hydrogens (primary N) is 1. The van der Waals surface area contributed by atoms with Crippen molar-refractivity contribution in [2.75, 3.05) is 12.3 Å². The summed E-state index contributed by atoms with van der Waals surface area (Å²) in [5.74, 6) is -0.277. The van der Waals surface area contributed by atoms with Crippen LogP contribution in [-0.4, -0.2) is 37.6 Å². The third-order valence-corrected chi connectivity index (χ3v) is 1.83. The number of nitrogen functional groups attached to an aromatic ring is 1. The van der Waals surface area contributed by atoms with Crippen LogP contribution < -0.4 is 5.73 Å². The summed E-state index contributed by atoms with van der Waals surface area (Å²) in [6, 6.07) is 0. The number of imidazole rings is 1. The number of nitrogens with zero attached hydrogens (tertiary/aromatic N) is 3. The van der Waals surface area contributed by atoms with Crippen molar-refractivity contribution in [3.63, 3.8) is 0 Å². The minimum atomic E-state index is -1.03. The molecule has 0 unspecified atom stereocenters. The molecular weight excluding hydrogens is 214 g/mol. The Hall–Kier alpha value is -2.22. The zero-order chi connectivity index (χ0) is 11.5. The van der Waals surface area contributed by atoms with Crippen molar-refractivity contribution in [2.45, 2.75) is 6.61 Å². The highest BCUT2D eigenvalue weighted by Gasteiger charge is 2.07. The number of H-pyrrole nitrogens is 1. The third-order valence-electron chi connectivity index (χ3n) is 1.83. The fraction of sp³-hybridized carbons (Fsp3) is 0.250. The molecule has 2 heterocycles. The molecule has 16 heavy (non-hydrogen) atoms. The number of anilines is 1. The van der Waals surface area contributed by atoms with Gasteiger partial charge in [-0.1, -0.05) is 0 Å². The van der Waals surface area contributed by atoms with Crippen molar-refractivity contribution < 1.29 is 14.6 Å².